The molecule has 2 aliphatic heterocycles. The van der Waals surface area contributed by atoms with Crippen molar-refractivity contribution in [2.45, 2.75) is 124 Å². The number of piperidine rings is 2. The molecule has 0 amide bonds. The Labute approximate surface area is 807 Å². The zero-order valence-corrected chi connectivity index (χ0v) is 78.7. The molecule has 6 aromatic carbocycles. The Balaban J connectivity index is 0.000000109. The average molecular weight is 1890 g/mol. The van der Waals surface area contributed by atoms with Crippen LogP contribution < -0.4 is 50.9 Å². The van der Waals surface area contributed by atoms with Gasteiger partial charge in [0.2, 0.25) is 0 Å². The van der Waals surface area contributed by atoms with Crippen molar-refractivity contribution in [1.29, 1.82) is 0 Å². The Morgan fingerprint density at radius 2 is 0.725 bits per heavy atom. The van der Waals surface area contributed by atoms with Crippen molar-refractivity contribution in [3.63, 3.8) is 0 Å². The van der Waals surface area contributed by atoms with Crippen LogP contribution in [-0.4, -0.2) is 182 Å². The van der Waals surface area contributed by atoms with E-state index in [0.717, 1.165) is 188 Å². The summed E-state index contributed by atoms with van der Waals surface area (Å²) < 4.78 is 20.3. The van der Waals surface area contributed by atoms with Crippen molar-refractivity contribution < 1.29 is 4.42 Å². The van der Waals surface area contributed by atoms with Crippen LogP contribution in [0.15, 0.2) is 232 Å². The van der Waals surface area contributed by atoms with Crippen LogP contribution in [0.3, 0.4) is 0 Å². The molecule has 13 N–H and O–H groups in total. The molecule has 39 heteroatoms. The number of rotatable bonds is 17. The highest BCUT2D eigenvalue weighted by atomic mass is 16.4. The molecule has 142 heavy (non-hydrogen) atoms. The van der Waals surface area contributed by atoms with Gasteiger partial charge in [-0.15, -0.1) is 0 Å². The zero-order chi connectivity index (χ0) is 97.4. The Kier molecular flexibility index (Phi) is 23.4. The molecule has 39 nitrogen and oxygen atoms in total. The molecule has 712 valence electrons. The molecule has 3 aliphatic rings. The van der Waals surface area contributed by atoms with Crippen LogP contribution in [0.1, 0.15) is 115 Å². The third-order valence-electron chi connectivity index (χ3n) is 27.8. The second-order valence-corrected chi connectivity index (χ2v) is 36.5. The van der Waals surface area contributed by atoms with Gasteiger partial charge < -0.3 is 56.6 Å². The maximum atomic E-state index is 14.0. The zero-order valence-electron chi connectivity index (χ0n) is 78.7. The second-order valence-electron chi connectivity index (χ2n) is 36.5. The molecule has 3 fully saturated rings. The van der Waals surface area contributed by atoms with Crippen molar-refractivity contribution in [2.75, 3.05) is 68.4 Å². The Morgan fingerprint density at radius 3 is 1.08 bits per heavy atom. The standard InChI is InChI=1S/C27H24N8O2.C26H29N9O.C25H27N9O.C25H20N8O/c1-14-4-2-5-15-10-18(35(17-6-3-7-17)26(36)21(14)15)12-34-25-22(24(28)30-13-31-25)23(33-34)16-8-9-20-19(11-16)32-27(29)37-20;1-3-33-9-7-19(8-10-33)35-20(11-17-6-4-5-16(2)21(17)26(35)36)14-34-25-22(24(27)28-15-29-25)23(32-34)18-12-30-31-13-18;1-15-4-3-5-16-10-19(34(25(35)20(15)16)18-6-8-32(2)9-7-18)13-33-24-21(23(26)27-14-28-24)22(31-33)17-11-29-30-12-17;1-15-6-5-7-16-10-19(33(25(34)20(15)16)18-8-3-2-4-9-18)13-32-24-21(23(26)27-14-28-24)22(31-32)17-11-29-30-12-17/h2,4-5,8-11,13,17H,3,6-7,12H2,1H3,(H2,29,32)(H2,28,30,31);4-6,11-13,15,19H,3,7-10,14H2,1-2H3,(H,30,31)(H2,27,28,29);3-5,10-12,14,18H,6-9,13H2,1-2H3,(H,29,30)(H2,26,27,28);2-12,14H,13H2,1H3,(H,29,30)(H2,26,27,28). The third kappa shape index (κ3) is 16.3. The fourth-order valence-corrected chi connectivity index (χ4v) is 20.6. The summed E-state index contributed by atoms with van der Waals surface area (Å²) in [6.45, 7) is 16.5. The number of H-pyrrole nitrogens is 3. The van der Waals surface area contributed by atoms with Gasteiger partial charge in [-0.3, -0.25) is 39.0 Å². The highest BCUT2D eigenvalue weighted by molar-refractivity contribution is 6.02. The molecule has 0 unspecified atom stereocenters. The van der Waals surface area contributed by atoms with Gasteiger partial charge in [0.1, 0.15) is 76.9 Å². The summed E-state index contributed by atoms with van der Waals surface area (Å²) >= 11 is 0. The molecule has 22 aromatic rings. The number of nitrogens with one attached hydrogen (secondary N) is 3. The Hall–Kier alpha value is -17.6. The van der Waals surface area contributed by atoms with Crippen LogP contribution in [0.4, 0.5) is 29.3 Å². The van der Waals surface area contributed by atoms with Crippen LogP contribution >= 0.6 is 0 Å². The molecule has 2 saturated heterocycles. The molecule has 16 aromatic heterocycles. The molecule has 0 radical (unpaired) electrons. The van der Waals surface area contributed by atoms with Crippen molar-refractivity contribution in [1.82, 2.24) is 143 Å². The number of nitrogens with zero attached hydrogens (tertiary/aromatic N) is 26. The normalized spacial score (nSPS) is 14.1. The monoisotopic (exact) mass is 1890 g/mol. The molecular weight excluding hydrogens is 1790 g/mol. The molecule has 1 aliphatic carbocycles. The summed E-state index contributed by atoms with van der Waals surface area (Å²) in [7, 11) is 2.13. The van der Waals surface area contributed by atoms with Gasteiger partial charge in [-0.05, 0) is 198 Å². The number of oxazole rings is 1. The topological polar surface area (TPSA) is 511 Å². The van der Waals surface area contributed by atoms with E-state index >= 15 is 0 Å². The lowest BCUT2D eigenvalue weighted by molar-refractivity contribution is 0.191. The number of aryl methyl sites for hydroxylation is 4. The van der Waals surface area contributed by atoms with Gasteiger partial charge in [-0.1, -0.05) is 97.9 Å². The van der Waals surface area contributed by atoms with Gasteiger partial charge in [-0.25, -0.2) is 58.6 Å². The van der Waals surface area contributed by atoms with E-state index in [1.54, 1.807) is 57.2 Å². The minimum atomic E-state index is -0.0718. The number of para-hydroxylation sites is 1. The highest BCUT2D eigenvalue weighted by Crippen LogP contribution is 2.40. The number of nitrogens with two attached hydrogens (primary N) is 5. The molecular formula is C103H100N34O5. The summed E-state index contributed by atoms with van der Waals surface area (Å²) in [5.41, 5.74) is 48.5. The summed E-state index contributed by atoms with van der Waals surface area (Å²) in [5, 5.41) is 49.5. The first-order valence-corrected chi connectivity index (χ1v) is 47.2. The number of aromatic amines is 3. The number of nitrogen functional groups attached to an aromatic ring is 5. The molecule has 0 atom stereocenters. The van der Waals surface area contributed by atoms with Gasteiger partial charge in [0.25, 0.3) is 28.3 Å². The van der Waals surface area contributed by atoms with E-state index < -0.39 is 0 Å². The van der Waals surface area contributed by atoms with Crippen LogP contribution in [0.2, 0.25) is 0 Å². The Morgan fingerprint density at radius 1 is 0.373 bits per heavy atom. The van der Waals surface area contributed by atoms with Crippen LogP contribution in [0.5, 0.6) is 0 Å². The van der Waals surface area contributed by atoms with Gasteiger partial charge in [-0.2, -0.15) is 40.7 Å². The van der Waals surface area contributed by atoms with Gasteiger partial charge in [0.05, 0.1) is 87.9 Å². The van der Waals surface area contributed by atoms with E-state index in [4.69, 9.17) is 53.5 Å². The van der Waals surface area contributed by atoms with Crippen LogP contribution in [0, 0.1) is 27.7 Å². The second kappa shape index (κ2) is 37.0. The molecule has 0 spiro atoms. The van der Waals surface area contributed by atoms with Gasteiger partial charge in [0, 0.05) is 101 Å². The van der Waals surface area contributed by atoms with Gasteiger partial charge in [0.15, 0.2) is 28.2 Å². The van der Waals surface area contributed by atoms with Crippen LogP contribution in [-0.2, 0) is 26.2 Å². The summed E-state index contributed by atoms with van der Waals surface area (Å²) in [5.74, 6) is 1.39. The SMILES string of the molecule is CCN1CCC(n2c(Cn3nc(-c4cn[nH]c4)c4c(N)ncnc43)cc3cccc(C)c3c2=O)CC1.Cc1cccc2cc(Cn3nc(-c4ccc5oc(N)nc5c4)c4c(N)ncnc43)n(C3CCC3)c(=O)c12.Cc1cccc2cc(Cn3nc(-c4cn[nH]c4)c4c(N)ncnc43)n(-c3ccccc3)c(=O)c12.Cc1cccc2cc(Cn3nc(-c4cn[nH]c4)c4c(N)ncnc43)n(C3CCN(C)CC3)c(=O)c12. The van der Waals surface area contributed by atoms with Crippen molar-refractivity contribution in [3.05, 3.63) is 295 Å². The quantitative estimate of drug-likeness (QED) is 0.0420. The first-order chi connectivity index (χ1) is 69.1. The predicted octanol–water partition coefficient (Wildman–Crippen LogP) is 13.5. The van der Waals surface area contributed by atoms with E-state index in [1.807, 2.05) is 172 Å². The van der Waals surface area contributed by atoms with E-state index in [2.05, 4.69) is 117 Å². The first-order valence-electron chi connectivity index (χ1n) is 47.2. The lowest BCUT2D eigenvalue weighted by Gasteiger charge is -2.33. The largest absolute Gasteiger partial charge is 0.424 e. The minimum Gasteiger partial charge on any atom is -0.424 e. The number of likely N-dealkylation sites (tertiary alicyclic amines) is 2. The maximum absolute atomic E-state index is 14.0. The number of benzene rings is 6. The fourth-order valence-electron chi connectivity index (χ4n) is 20.6. The first kappa shape index (κ1) is 89.6. The minimum absolute atomic E-state index is 0.0511. The Bertz CT molecular complexity index is 8870. The number of hydrogen-bond donors (Lipinski definition) is 8. The van der Waals surface area contributed by atoms with Crippen molar-refractivity contribution >= 4 is 128 Å². The predicted molar refractivity (Wildman–Crippen MR) is 548 cm³/mol. The number of aromatic nitrogens is 27. The van der Waals surface area contributed by atoms with Crippen molar-refractivity contribution in [3.8, 4) is 50.7 Å². The summed E-state index contributed by atoms with van der Waals surface area (Å²) in [6.07, 6.45) is 23.0. The fraction of sp³-hybridized carbons (Fsp3) is 0.243. The molecule has 25 rings (SSSR count). The lowest BCUT2D eigenvalue weighted by atomic mass is 9.91. The van der Waals surface area contributed by atoms with E-state index in [1.165, 1.54) is 25.3 Å². The van der Waals surface area contributed by atoms with E-state index in [0.29, 0.717) is 133 Å². The smallest absolute Gasteiger partial charge is 0.292 e. The third-order valence-corrected chi connectivity index (χ3v) is 27.8. The highest BCUT2D eigenvalue weighted by Gasteiger charge is 2.32. The summed E-state index contributed by atoms with van der Waals surface area (Å²) in [4.78, 5) is 99.1. The number of anilines is 5. The van der Waals surface area contributed by atoms with Crippen molar-refractivity contribution in [2.24, 2.45) is 0 Å². The number of hydrogen-bond acceptors (Lipinski definition) is 28. The average Bonchev–Trinajstić information content (AvgIpc) is 1.58. The summed E-state index contributed by atoms with van der Waals surface area (Å²) in [6, 6.07) is 48.0. The van der Waals surface area contributed by atoms with E-state index in [-0.39, 0.29) is 46.4 Å². The molecule has 0 bridgehead atoms. The van der Waals surface area contributed by atoms with Gasteiger partial charge >= 0.3 is 0 Å². The van der Waals surface area contributed by atoms with E-state index in [9.17, 15) is 19.2 Å². The number of pyridine rings is 4. The maximum Gasteiger partial charge on any atom is 0.292 e. The molecule has 18 heterocycles. The lowest BCUT2D eigenvalue weighted by Crippen LogP contribution is -2.38. The molecule has 1 saturated carbocycles. The number of fused-ring (bicyclic) bond motifs is 9. The van der Waals surface area contributed by atoms with Crippen LogP contribution in [0.25, 0.3) is 149 Å².